The molecule has 2 atom stereocenters. The molecule has 3 nitrogen and oxygen atoms in total. The molecule has 0 aliphatic heterocycles. The molecule has 1 aliphatic carbocycles. The van der Waals surface area contributed by atoms with Gasteiger partial charge in [-0.3, -0.25) is 0 Å². The lowest BCUT2D eigenvalue weighted by molar-refractivity contribution is -0.191. The van der Waals surface area contributed by atoms with Crippen molar-refractivity contribution in [1.82, 2.24) is 0 Å². The van der Waals surface area contributed by atoms with Crippen molar-refractivity contribution in [2.24, 2.45) is 5.92 Å². The Morgan fingerprint density at radius 2 is 2.00 bits per heavy atom. The second kappa shape index (κ2) is 6.08. The van der Waals surface area contributed by atoms with Crippen molar-refractivity contribution in [1.29, 1.82) is 0 Å². The van der Waals surface area contributed by atoms with Gasteiger partial charge in [-0.2, -0.15) is 9.59 Å². The minimum absolute atomic E-state index is 0.0278. The molecular formula is C8H14O3. The molecule has 0 aromatic carbocycles. The van der Waals surface area contributed by atoms with Gasteiger partial charge < -0.3 is 5.11 Å². The highest BCUT2D eigenvalue weighted by Gasteiger charge is 2.22. The molecule has 0 spiro atoms. The quantitative estimate of drug-likeness (QED) is 0.618. The lowest BCUT2D eigenvalue weighted by atomic mass is 10.0. The van der Waals surface area contributed by atoms with E-state index in [4.69, 9.17) is 9.59 Å². The summed E-state index contributed by atoms with van der Waals surface area (Å²) < 4.78 is 0. The van der Waals surface area contributed by atoms with Gasteiger partial charge in [-0.05, 0) is 18.8 Å². The average Bonchev–Trinajstić information content (AvgIpc) is 2.36. The van der Waals surface area contributed by atoms with Crippen LogP contribution in [0.2, 0.25) is 0 Å². The van der Waals surface area contributed by atoms with Crippen LogP contribution in [0, 0.1) is 5.92 Å². The van der Waals surface area contributed by atoms with Crippen molar-refractivity contribution < 1.29 is 14.7 Å². The van der Waals surface area contributed by atoms with Gasteiger partial charge in [0.25, 0.3) is 0 Å². The average molecular weight is 158 g/mol. The van der Waals surface area contributed by atoms with Crippen LogP contribution in [-0.4, -0.2) is 17.4 Å². The van der Waals surface area contributed by atoms with Gasteiger partial charge in [0.05, 0.1) is 6.10 Å². The summed E-state index contributed by atoms with van der Waals surface area (Å²) in [4.78, 5) is 16.2. The molecule has 0 aromatic rings. The van der Waals surface area contributed by atoms with Crippen LogP contribution in [0.1, 0.15) is 32.6 Å². The van der Waals surface area contributed by atoms with Crippen molar-refractivity contribution in [2.45, 2.75) is 38.7 Å². The zero-order valence-corrected chi connectivity index (χ0v) is 6.75. The van der Waals surface area contributed by atoms with E-state index in [1.807, 2.05) is 0 Å². The predicted octanol–water partition coefficient (Wildman–Crippen LogP) is 0.974. The van der Waals surface area contributed by atoms with Gasteiger partial charge in [0, 0.05) is 0 Å². The highest BCUT2D eigenvalue weighted by molar-refractivity contribution is 5.20. The summed E-state index contributed by atoms with van der Waals surface area (Å²) in [6.07, 6.45) is 4.96. The molecule has 11 heavy (non-hydrogen) atoms. The molecule has 0 amide bonds. The number of rotatable bonds is 1. The molecule has 1 aliphatic rings. The smallest absolute Gasteiger partial charge is 0.373 e. The molecule has 0 saturated heterocycles. The highest BCUT2D eigenvalue weighted by Crippen LogP contribution is 2.27. The third-order valence-electron chi connectivity index (χ3n) is 2.14. The normalized spacial score (nSPS) is 28.5. The predicted molar refractivity (Wildman–Crippen MR) is 38.6 cm³/mol. The van der Waals surface area contributed by atoms with Gasteiger partial charge in [-0.15, -0.1) is 0 Å². The van der Waals surface area contributed by atoms with Crippen LogP contribution in [0.15, 0.2) is 0 Å². The minimum Gasteiger partial charge on any atom is -0.393 e. The van der Waals surface area contributed by atoms with E-state index >= 15 is 0 Å². The van der Waals surface area contributed by atoms with Crippen LogP contribution in [0.3, 0.4) is 0 Å². The van der Waals surface area contributed by atoms with E-state index in [0.717, 1.165) is 12.8 Å². The van der Waals surface area contributed by atoms with Gasteiger partial charge in [0.15, 0.2) is 0 Å². The fraction of sp³-hybridized carbons (Fsp3) is 0.875. The van der Waals surface area contributed by atoms with Crippen molar-refractivity contribution in [3.8, 4) is 0 Å². The monoisotopic (exact) mass is 158 g/mol. The molecule has 1 saturated carbocycles. The van der Waals surface area contributed by atoms with Crippen molar-refractivity contribution >= 4 is 6.15 Å². The molecule has 1 fully saturated rings. The number of hydrogen-bond acceptors (Lipinski definition) is 3. The van der Waals surface area contributed by atoms with E-state index in [-0.39, 0.29) is 12.3 Å². The first kappa shape index (κ1) is 10.3. The van der Waals surface area contributed by atoms with Crippen LogP contribution in [0.4, 0.5) is 0 Å². The Kier molecular flexibility index (Phi) is 5.71. The molecule has 0 radical (unpaired) electrons. The summed E-state index contributed by atoms with van der Waals surface area (Å²) in [6, 6.07) is 0. The number of aliphatic hydroxyl groups excluding tert-OH is 1. The van der Waals surface area contributed by atoms with Crippen molar-refractivity contribution in [3.05, 3.63) is 0 Å². The second-order valence-corrected chi connectivity index (χ2v) is 2.75. The van der Waals surface area contributed by atoms with Crippen LogP contribution in [0.25, 0.3) is 0 Å². The maximum absolute atomic E-state index is 9.19. The van der Waals surface area contributed by atoms with Gasteiger partial charge in [-0.25, -0.2) is 0 Å². The SMILES string of the molecule is CC[C@H]1CCC[C@@H]1O.O=C=O. The Bertz CT molecular complexity index is 127. The van der Waals surface area contributed by atoms with Gasteiger partial charge in [0.1, 0.15) is 0 Å². The van der Waals surface area contributed by atoms with Crippen LogP contribution in [0.5, 0.6) is 0 Å². The molecule has 0 aromatic heterocycles. The standard InChI is InChI=1S/C7H14O.CO2/c1-2-6-4-3-5-7(6)8;2-1-3/h6-8H,2-5H2,1H3;/t6-,7-;/m0./s1. The third kappa shape index (κ3) is 3.91. The lowest BCUT2D eigenvalue weighted by Crippen LogP contribution is -2.10. The van der Waals surface area contributed by atoms with E-state index in [0.29, 0.717) is 5.92 Å². The third-order valence-corrected chi connectivity index (χ3v) is 2.14. The van der Waals surface area contributed by atoms with E-state index in [9.17, 15) is 5.11 Å². The number of hydrogen-bond donors (Lipinski definition) is 1. The molecular weight excluding hydrogens is 144 g/mol. The van der Waals surface area contributed by atoms with E-state index in [1.165, 1.54) is 12.8 Å². The van der Waals surface area contributed by atoms with Crippen molar-refractivity contribution in [2.75, 3.05) is 0 Å². The van der Waals surface area contributed by atoms with E-state index in [1.54, 1.807) is 0 Å². The fourth-order valence-electron chi connectivity index (χ4n) is 1.49. The summed E-state index contributed by atoms with van der Waals surface area (Å²) in [6.45, 7) is 2.15. The molecule has 1 rings (SSSR count). The Morgan fingerprint density at radius 1 is 1.45 bits per heavy atom. The Labute approximate surface area is 66.4 Å². The summed E-state index contributed by atoms with van der Waals surface area (Å²) in [5.74, 6) is 0.620. The first-order valence-corrected chi connectivity index (χ1v) is 3.93. The van der Waals surface area contributed by atoms with Crippen LogP contribution in [-0.2, 0) is 9.59 Å². The molecule has 1 N–H and O–H groups in total. The first-order valence-electron chi connectivity index (χ1n) is 3.93. The fourth-order valence-corrected chi connectivity index (χ4v) is 1.49. The van der Waals surface area contributed by atoms with E-state index in [2.05, 4.69) is 6.92 Å². The summed E-state index contributed by atoms with van der Waals surface area (Å²) in [5.41, 5.74) is 0. The molecule has 0 heterocycles. The zero-order valence-electron chi connectivity index (χ0n) is 6.75. The highest BCUT2D eigenvalue weighted by atomic mass is 16.3. The summed E-state index contributed by atoms with van der Waals surface area (Å²) in [5, 5.41) is 9.19. The molecule has 0 unspecified atom stereocenters. The van der Waals surface area contributed by atoms with Gasteiger partial charge >= 0.3 is 6.15 Å². The number of aliphatic hydroxyl groups is 1. The van der Waals surface area contributed by atoms with E-state index < -0.39 is 0 Å². The molecule has 0 bridgehead atoms. The number of carbonyl (C=O) groups excluding carboxylic acids is 2. The lowest BCUT2D eigenvalue weighted by Gasteiger charge is -2.09. The van der Waals surface area contributed by atoms with Crippen molar-refractivity contribution in [3.63, 3.8) is 0 Å². The molecule has 64 valence electrons. The first-order chi connectivity index (χ1) is 5.26. The van der Waals surface area contributed by atoms with Gasteiger partial charge in [-0.1, -0.05) is 19.8 Å². The topological polar surface area (TPSA) is 54.4 Å². The summed E-state index contributed by atoms with van der Waals surface area (Å²) >= 11 is 0. The second-order valence-electron chi connectivity index (χ2n) is 2.75. The Hall–Kier alpha value is -0.660. The van der Waals surface area contributed by atoms with Crippen LogP contribution < -0.4 is 0 Å². The maximum atomic E-state index is 9.19. The zero-order chi connectivity index (χ0) is 8.69. The Balaban J connectivity index is 0.000000292. The minimum atomic E-state index is 0.0278. The van der Waals surface area contributed by atoms with Gasteiger partial charge in [0.2, 0.25) is 0 Å². The Morgan fingerprint density at radius 3 is 2.18 bits per heavy atom. The van der Waals surface area contributed by atoms with Crippen LogP contribution >= 0.6 is 0 Å². The maximum Gasteiger partial charge on any atom is 0.373 e. The molecule has 3 heteroatoms. The largest absolute Gasteiger partial charge is 0.393 e. The summed E-state index contributed by atoms with van der Waals surface area (Å²) in [7, 11) is 0.